The molecule has 5 aromatic carbocycles. The number of benzene rings is 5. The second-order valence-electron chi connectivity index (χ2n) is 31.8. The summed E-state index contributed by atoms with van der Waals surface area (Å²) in [7, 11) is 0. The molecular weight excluding hydrogens is 1660 g/mol. The predicted octanol–water partition coefficient (Wildman–Crippen LogP) is 33.6. The van der Waals surface area contributed by atoms with Crippen LogP contribution in [0.4, 0.5) is 0 Å². The fourth-order valence-electron chi connectivity index (χ4n) is 17.8. The summed E-state index contributed by atoms with van der Waals surface area (Å²) in [6.45, 7) is 19.0. The van der Waals surface area contributed by atoms with Crippen LogP contribution in [0.15, 0.2) is 141 Å². The van der Waals surface area contributed by atoms with E-state index in [0.29, 0.717) is 34.8 Å². The average molecular weight is 1770 g/mol. The van der Waals surface area contributed by atoms with Gasteiger partial charge in [-0.2, -0.15) is 0 Å². The Hall–Kier alpha value is -5.36. The van der Waals surface area contributed by atoms with E-state index in [0.717, 1.165) is 105 Å². The third-order valence-corrected chi connectivity index (χ3v) is 35.9. The largest absolute Gasteiger partial charge is 0.461 e. The van der Waals surface area contributed by atoms with Crippen molar-refractivity contribution in [2.24, 2.45) is 11.8 Å². The zero-order valence-corrected chi connectivity index (χ0v) is 76.4. The minimum absolute atomic E-state index is 0.218. The first-order valence-electron chi connectivity index (χ1n) is 42.3. The highest BCUT2D eigenvalue weighted by Crippen LogP contribution is 2.69. The van der Waals surface area contributed by atoms with Crippen molar-refractivity contribution in [3.05, 3.63) is 218 Å². The highest BCUT2D eigenvalue weighted by atomic mass is 79.9. The Morgan fingerprint density at radius 2 is 0.670 bits per heavy atom. The van der Waals surface area contributed by atoms with Crippen molar-refractivity contribution in [1.29, 1.82) is 0 Å². The minimum atomic E-state index is -0.705. The lowest BCUT2D eigenvalue weighted by Crippen LogP contribution is -2.30. The second kappa shape index (κ2) is 37.1. The Balaban J connectivity index is 0.958. The van der Waals surface area contributed by atoms with E-state index in [4.69, 9.17) is 9.47 Å². The Bertz CT molecular complexity index is 4950. The molecule has 586 valence electrons. The Kier molecular flexibility index (Phi) is 27.1. The van der Waals surface area contributed by atoms with Gasteiger partial charge in [0.25, 0.3) is 0 Å². The fraction of sp³-hybridized carbons (Fsp3) is 0.429. The van der Waals surface area contributed by atoms with E-state index in [2.05, 4.69) is 221 Å². The van der Waals surface area contributed by atoms with Gasteiger partial charge in [0.1, 0.15) is 9.75 Å². The molecule has 14 heteroatoms. The van der Waals surface area contributed by atoms with Gasteiger partial charge in [-0.3, -0.25) is 0 Å². The molecule has 0 saturated carbocycles. The molecule has 13 aromatic rings. The summed E-state index contributed by atoms with van der Waals surface area (Å²) in [5.41, 5.74) is 17.5. The van der Waals surface area contributed by atoms with Gasteiger partial charge >= 0.3 is 11.9 Å². The summed E-state index contributed by atoms with van der Waals surface area (Å²) in [6, 6.07) is 54.6. The lowest BCUT2D eigenvalue weighted by atomic mass is 9.65. The van der Waals surface area contributed by atoms with Crippen molar-refractivity contribution in [2.45, 2.75) is 246 Å². The van der Waals surface area contributed by atoms with E-state index >= 15 is 0 Å². The molecule has 0 aliphatic heterocycles. The van der Waals surface area contributed by atoms with Gasteiger partial charge in [0.05, 0.1) is 60.2 Å². The number of fused-ring (bicyclic) bond motifs is 12. The van der Waals surface area contributed by atoms with Crippen LogP contribution in [0, 0.1) is 11.8 Å². The van der Waals surface area contributed by atoms with Crippen LogP contribution < -0.4 is 0 Å². The van der Waals surface area contributed by atoms with Crippen molar-refractivity contribution >= 4 is 173 Å². The second-order valence-corrected chi connectivity index (χ2v) is 42.8. The number of hydrogen-bond acceptors (Lipinski definition) is 12. The van der Waals surface area contributed by atoms with Crippen LogP contribution >= 0.6 is 123 Å². The summed E-state index contributed by atoms with van der Waals surface area (Å²) >= 11 is 22.7. The lowest BCUT2D eigenvalue weighted by Gasteiger charge is -2.36. The van der Waals surface area contributed by atoms with Crippen LogP contribution in [0.3, 0.4) is 0 Å². The third-order valence-electron chi connectivity index (χ3n) is 24.3. The van der Waals surface area contributed by atoms with Gasteiger partial charge in [0.2, 0.25) is 0 Å². The number of esters is 2. The quantitative estimate of drug-likeness (QED) is 0.0284. The van der Waals surface area contributed by atoms with Crippen molar-refractivity contribution in [2.75, 3.05) is 13.2 Å². The molecule has 0 spiro atoms. The summed E-state index contributed by atoms with van der Waals surface area (Å²) in [5.74, 6) is 0.303. The normalized spacial score (nSPS) is 13.9. The van der Waals surface area contributed by atoms with Gasteiger partial charge in [-0.1, -0.05) is 268 Å². The summed E-state index contributed by atoms with van der Waals surface area (Å²) in [5, 5.41) is 2.16. The smallest absolute Gasteiger partial charge is 0.348 e. The van der Waals surface area contributed by atoms with Crippen LogP contribution in [0.1, 0.15) is 296 Å². The molecular formula is C98H108Br2O4S8. The Labute approximate surface area is 714 Å². The van der Waals surface area contributed by atoms with Crippen LogP contribution in [-0.4, -0.2) is 25.2 Å². The molecule has 112 heavy (non-hydrogen) atoms. The molecule has 2 aliphatic carbocycles. The maximum Gasteiger partial charge on any atom is 0.348 e. The number of aryl methyl sites for hydroxylation is 4. The molecule has 0 saturated heterocycles. The van der Waals surface area contributed by atoms with Crippen molar-refractivity contribution in [3.63, 3.8) is 0 Å². The summed E-state index contributed by atoms with van der Waals surface area (Å²) in [4.78, 5) is 37.1. The first-order valence-corrected chi connectivity index (χ1v) is 50.4. The summed E-state index contributed by atoms with van der Waals surface area (Å²) in [6.07, 6.45) is 32.6. The van der Waals surface area contributed by atoms with Gasteiger partial charge in [-0.05, 0) is 211 Å². The number of carbonyl (C=O) groups excluding carboxylic acids is 2. The Morgan fingerprint density at radius 3 is 0.973 bits per heavy atom. The SMILES string of the molecule is CCCCCCc1ccc(C2(c3ccc(CCCCCC)cc3)c3cc4c(cc3-c3sc5cc(-c6sc(Br)c7cc(C(=O)OCC(CC)CCCC)sc67)sc5c32)C(c2ccc(CCCCCC)cc2)(c2ccc(CCCCCC)cc2)c2c-4sc3cc(-c4sc(Br)c5cc(C(=O)OCC(CC)CCCC)sc45)sc23)cc1. The number of ether oxygens (including phenoxy) is 2. The number of halogens is 2. The monoisotopic (exact) mass is 1760 g/mol. The van der Waals surface area contributed by atoms with Crippen molar-refractivity contribution < 1.29 is 19.1 Å². The molecule has 15 rings (SSSR count). The molecule has 0 amide bonds. The van der Waals surface area contributed by atoms with Crippen LogP contribution in [0.5, 0.6) is 0 Å². The molecule has 0 fully saturated rings. The molecule has 4 nitrogen and oxygen atoms in total. The average Bonchev–Trinajstić information content (AvgIpc) is 1.49. The topological polar surface area (TPSA) is 52.6 Å². The zero-order chi connectivity index (χ0) is 77.6. The molecule has 0 radical (unpaired) electrons. The molecule has 8 aromatic heterocycles. The highest BCUT2D eigenvalue weighted by molar-refractivity contribution is 9.11. The first-order chi connectivity index (χ1) is 54.8. The molecule has 2 atom stereocenters. The van der Waals surface area contributed by atoms with Crippen LogP contribution in [-0.2, 0) is 46.0 Å². The van der Waals surface area contributed by atoms with E-state index in [-0.39, 0.29) is 11.9 Å². The van der Waals surface area contributed by atoms with Gasteiger partial charge in [0, 0.05) is 50.8 Å². The maximum atomic E-state index is 14.1. The molecule has 2 aliphatic rings. The van der Waals surface area contributed by atoms with E-state index in [9.17, 15) is 9.59 Å². The third kappa shape index (κ3) is 16.0. The maximum absolute atomic E-state index is 14.1. The van der Waals surface area contributed by atoms with E-state index in [1.165, 1.54) is 229 Å². The van der Waals surface area contributed by atoms with Crippen molar-refractivity contribution in [1.82, 2.24) is 0 Å². The highest BCUT2D eigenvalue weighted by Gasteiger charge is 2.55. The van der Waals surface area contributed by atoms with Crippen LogP contribution in [0.25, 0.3) is 79.4 Å². The standard InChI is InChI=1S/C98H108Br2O4S8/c1-9-17-23-27-33-63-37-45-67(46-38-63)97(68-47-39-64(40-48-68)34-28-24-18-10-2)75-53-72-76(54-71(75)85-83(97)89-77(105-85)57-79(107-89)91-87-73(93(99)111-91)55-81(109-87)95(101)103-59-61(15-7)31-21-13-5)98(69-49-41-65(42-50-69)35-29-25-19-11-3,70-51-43-66(44-52-70)36-30-26-20-12-4)84-86(72)106-78-58-80(108-90(78)84)92-88-74(94(100)112-92)56-82(110-88)96(102)104-60-62(16-8)32-22-14-6/h37-58,61-62H,9-36,59-60H2,1-8H3. The van der Waals surface area contributed by atoms with Gasteiger partial charge < -0.3 is 9.47 Å². The number of thiophene rings is 8. The molecule has 0 bridgehead atoms. The molecule has 2 unspecified atom stereocenters. The molecule has 8 heterocycles. The van der Waals surface area contributed by atoms with Crippen molar-refractivity contribution in [3.8, 4) is 40.4 Å². The molecule has 0 N–H and O–H groups in total. The lowest BCUT2D eigenvalue weighted by molar-refractivity contribution is 0.0425. The van der Waals surface area contributed by atoms with E-state index in [1.54, 1.807) is 45.3 Å². The van der Waals surface area contributed by atoms with Gasteiger partial charge in [-0.15, -0.1) is 90.7 Å². The minimum Gasteiger partial charge on any atom is -0.461 e. The summed E-state index contributed by atoms with van der Waals surface area (Å²) < 4.78 is 21.9. The Morgan fingerprint density at radius 1 is 0.348 bits per heavy atom. The number of unbranched alkanes of at least 4 members (excludes halogenated alkanes) is 14. The van der Waals surface area contributed by atoms with Gasteiger partial charge in [-0.25, -0.2) is 9.59 Å². The van der Waals surface area contributed by atoms with Crippen LogP contribution in [0.2, 0.25) is 0 Å². The fourth-order valence-corrected chi connectivity index (χ4v) is 30.0. The van der Waals surface area contributed by atoms with E-state index in [1.807, 2.05) is 45.3 Å². The number of rotatable bonds is 40. The zero-order valence-electron chi connectivity index (χ0n) is 66.7. The van der Waals surface area contributed by atoms with Gasteiger partial charge in [0.15, 0.2) is 0 Å². The predicted molar refractivity (Wildman–Crippen MR) is 499 cm³/mol. The van der Waals surface area contributed by atoms with E-state index < -0.39 is 10.8 Å². The number of hydrogen-bond donors (Lipinski definition) is 0. The first kappa shape index (κ1) is 81.8. The number of carbonyl (C=O) groups is 2.